The van der Waals surface area contributed by atoms with Crippen LogP contribution in [0.15, 0.2) is 62.6 Å². The normalized spacial score (nSPS) is 21.8. The SMILES string of the molecule is Cc1sc(Br)cc1C(=O)N(C)C1=CC(CCC2=CC=CC(C)CC=C2)CN=C1Cl. The van der Waals surface area contributed by atoms with Gasteiger partial charge in [0.15, 0.2) is 0 Å². The molecule has 0 N–H and O–H groups in total. The number of dihydropyridines is 1. The van der Waals surface area contributed by atoms with E-state index in [4.69, 9.17) is 11.6 Å². The molecule has 0 saturated heterocycles. The van der Waals surface area contributed by atoms with Crippen LogP contribution in [0.5, 0.6) is 0 Å². The highest BCUT2D eigenvalue weighted by atomic mass is 79.9. The zero-order valence-electron chi connectivity index (χ0n) is 17.0. The predicted octanol–water partition coefficient (Wildman–Crippen LogP) is 6.90. The molecular formula is C23H26BrClN2OS. The van der Waals surface area contributed by atoms with Crippen LogP contribution in [0.1, 0.15) is 41.4 Å². The van der Waals surface area contributed by atoms with Gasteiger partial charge in [0.1, 0.15) is 5.17 Å². The monoisotopic (exact) mass is 492 g/mol. The standard InChI is InChI=1S/C23H26BrClN2OS/c1-15-6-4-8-17(9-5-7-15)10-11-18-12-20(22(25)26-14-18)27(3)23(28)19-13-21(24)29-16(19)2/h4-6,8-9,12-13,15,18H,7,10-11,14H2,1-3H3. The zero-order valence-corrected chi connectivity index (χ0v) is 20.1. The van der Waals surface area contributed by atoms with E-state index in [9.17, 15) is 4.79 Å². The van der Waals surface area contributed by atoms with Gasteiger partial charge in [0.05, 0.1) is 15.0 Å². The van der Waals surface area contributed by atoms with Crippen LogP contribution in [0.4, 0.5) is 0 Å². The second-order valence-electron chi connectivity index (χ2n) is 7.61. The van der Waals surface area contributed by atoms with Crippen LogP contribution in [0.3, 0.4) is 0 Å². The van der Waals surface area contributed by atoms with Crippen LogP contribution in [0.2, 0.25) is 0 Å². The minimum Gasteiger partial charge on any atom is -0.309 e. The number of nitrogens with zero attached hydrogens (tertiary/aromatic N) is 2. The molecule has 1 aromatic rings. The van der Waals surface area contributed by atoms with Gasteiger partial charge >= 0.3 is 0 Å². The number of aryl methyl sites for hydroxylation is 1. The van der Waals surface area contributed by atoms with Crippen molar-refractivity contribution in [3.8, 4) is 0 Å². The van der Waals surface area contributed by atoms with Gasteiger partial charge in [-0.1, -0.05) is 55.0 Å². The Balaban J connectivity index is 1.69. The maximum atomic E-state index is 13.0. The average molecular weight is 494 g/mol. The van der Waals surface area contributed by atoms with Crippen molar-refractivity contribution in [1.29, 1.82) is 0 Å². The topological polar surface area (TPSA) is 32.7 Å². The fourth-order valence-electron chi connectivity index (χ4n) is 3.45. The number of halogens is 2. The number of amides is 1. The Hall–Kier alpha value is -1.43. The average Bonchev–Trinajstić information content (AvgIpc) is 3.01. The molecule has 1 aliphatic heterocycles. The van der Waals surface area contributed by atoms with Crippen molar-refractivity contribution >= 4 is 49.9 Å². The molecule has 2 aliphatic rings. The van der Waals surface area contributed by atoms with E-state index in [-0.39, 0.29) is 11.8 Å². The van der Waals surface area contributed by atoms with E-state index >= 15 is 0 Å². The molecule has 0 saturated carbocycles. The molecule has 1 aliphatic carbocycles. The fraction of sp³-hybridized carbons (Fsp3) is 0.391. The Morgan fingerprint density at radius 2 is 2.24 bits per heavy atom. The number of hydrogen-bond donors (Lipinski definition) is 0. The molecule has 0 spiro atoms. The number of thiophene rings is 1. The minimum atomic E-state index is -0.0605. The molecule has 2 heterocycles. The molecule has 6 heteroatoms. The van der Waals surface area contributed by atoms with E-state index in [0.29, 0.717) is 28.9 Å². The maximum Gasteiger partial charge on any atom is 0.259 e. The summed E-state index contributed by atoms with van der Waals surface area (Å²) in [4.78, 5) is 20.1. The van der Waals surface area contributed by atoms with Gasteiger partial charge in [0.2, 0.25) is 0 Å². The van der Waals surface area contributed by atoms with E-state index in [0.717, 1.165) is 27.9 Å². The molecule has 3 nitrogen and oxygen atoms in total. The lowest BCUT2D eigenvalue weighted by Crippen LogP contribution is -2.31. The van der Waals surface area contributed by atoms with E-state index in [1.165, 1.54) is 5.57 Å². The summed E-state index contributed by atoms with van der Waals surface area (Å²) in [5.74, 6) is 0.792. The van der Waals surface area contributed by atoms with E-state index in [1.54, 1.807) is 23.3 Å². The highest BCUT2D eigenvalue weighted by molar-refractivity contribution is 9.11. The largest absolute Gasteiger partial charge is 0.309 e. The number of allylic oxidation sites excluding steroid dienone is 7. The van der Waals surface area contributed by atoms with Gasteiger partial charge in [-0.2, -0.15) is 0 Å². The molecule has 1 amide bonds. The second kappa shape index (κ2) is 10.1. The molecule has 2 atom stereocenters. The van der Waals surface area contributed by atoms with Crippen molar-refractivity contribution in [3.05, 3.63) is 68.0 Å². The van der Waals surface area contributed by atoms with Gasteiger partial charge in [-0.3, -0.25) is 9.79 Å². The summed E-state index contributed by atoms with van der Waals surface area (Å²) in [6.07, 6.45) is 16.2. The van der Waals surface area contributed by atoms with E-state index < -0.39 is 0 Å². The summed E-state index contributed by atoms with van der Waals surface area (Å²) in [6.45, 7) is 4.84. The summed E-state index contributed by atoms with van der Waals surface area (Å²) < 4.78 is 0.950. The Labute approximate surface area is 190 Å². The molecular weight excluding hydrogens is 468 g/mol. The van der Waals surface area contributed by atoms with Crippen molar-refractivity contribution in [2.24, 2.45) is 16.8 Å². The number of carbonyl (C=O) groups excluding carboxylic acids is 1. The molecule has 1 aromatic heterocycles. The summed E-state index contributed by atoms with van der Waals surface area (Å²) >= 11 is 11.4. The third-order valence-corrected chi connectivity index (χ3v) is 7.11. The summed E-state index contributed by atoms with van der Waals surface area (Å²) in [5.41, 5.74) is 2.72. The summed E-state index contributed by atoms with van der Waals surface area (Å²) in [6, 6.07) is 1.87. The van der Waals surface area contributed by atoms with Crippen molar-refractivity contribution in [3.63, 3.8) is 0 Å². The highest BCUT2D eigenvalue weighted by Crippen LogP contribution is 2.29. The molecule has 154 valence electrons. The molecule has 0 aromatic carbocycles. The Bertz CT molecular complexity index is 925. The first-order valence-electron chi connectivity index (χ1n) is 9.85. The van der Waals surface area contributed by atoms with Crippen LogP contribution >= 0.6 is 38.9 Å². The van der Waals surface area contributed by atoms with Crippen molar-refractivity contribution in [2.75, 3.05) is 13.6 Å². The lowest BCUT2D eigenvalue weighted by molar-refractivity contribution is 0.0842. The molecule has 2 unspecified atom stereocenters. The maximum absolute atomic E-state index is 13.0. The first-order valence-corrected chi connectivity index (χ1v) is 11.8. The first-order chi connectivity index (χ1) is 13.8. The van der Waals surface area contributed by atoms with Gasteiger partial charge in [0, 0.05) is 18.5 Å². The van der Waals surface area contributed by atoms with Crippen LogP contribution in [-0.2, 0) is 0 Å². The quantitative estimate of drug-likeness (QED) is 0.439. The van der Waals surface area contributed by atoms with E-state index in [2.05, 4.69) is 64.3 Å². The first kappa shape index (κ1) is 22.3. The second-order valence-corrected chi connectivity index (χ2v) is 10.6. The Morgan fingerprint density at radius 3 is 2.97 bits per heavy atom. The number of carbonyl (C=O) groups is 1. The number of rotatable bonds is 5. The van der Waals surface area contributed by atoms with Gasteiger partial charge in [-0.15, -0.1) is 11.3 Å². The van der Waals surface area contributed by atoms with Crippen molar-refractivity contribution in [2.45, 2.75) is 33.1 Å². The van der Waals surface area contributed by atoms with Crippen LogP contribution < -0.4 is 0 Å². The van der Waals surface area contributed by atoms with E-state index in [1.807, 2.05) is 13.0 Å². The summed E-state index contributed by atoms with van der Waals surface area (Å²) in [5, 5.41) is 0.408. The number of aliphatic imine (C=N–C) groups is 1. The molecule has 0 fully saturated rings. The molecule has 0 bridgehead atoms. The summed E-state index contributed by atoms with van der Waals surface area (Å²) in [7, 11) is 1.77. The minimum absolute atomic E-state index is 0.0605. The van der Waals surface area contributed by atoms with Gasteiger partial charge < -0.3 is 4.90 Å². The third kappa shape index (κ3) is 5.80. The number of hydrogen-bond acceptors (Lipinski definition) is 3. The zero-order chi connectivity index (χ0) is 21.0. The highest BCUT2D eigenvalue weighted by Gasteiger charge is 2.25. The van der Waals surface area contributed by atoms with Gasteiger partial charge in [-0.05, 0) is 65.6 Å². The fourth-order valence-corrected chi connectivity index (χ4v) is 5.39. The third-order valence-electron chi connectivity index (χ3n) is 5.25. The Kier molecular flexibility index (Phi) is 7.72. The lowest BCUT2D eigenvalue weighted by atomic mass is 9.95. The van der Waals surface area contributed by atoms with Crippen molar-refractivity contribution in [1.82, 2.24) is 4.90 Å². The predicted molar refractivity (Wildman–Crippen MR) is 128 cm³/mol. The lowest BCUT2D eigenvalue weighted by Gasteiger charge is -2.25. The van der Waals surface area contributed by atoms with Gasteiger partial charge in [-0.25, -0.2) is 0 Å². The van der Waals surface area contributed by atoms with Crippen LogP contribution in [0, 0.1) is 18.8 Å². The van der Waals surface area contributed by atoms with Crippen molar-refractivity contribution < 1.29 is 4.79 Å². The van der Waals surface area contributed by atoms with Gasteiger partial charge in [0.25, 0.3) is 5.91 Å². The molecule has 0 radical (unpaired) electrons. The van der Waals surface area contributed by atoms with Crippen LogP contribution in [0.25, 0.3) is 0 Å². The smallest absolute Gasteiger partial charge is 0.259 e. The Morgan fingerprint density at radius 1 is 1.45 bits per heavy atom. The molecule has 29 heavy (non-hydrogen) atoms. The molecule has 3 rings (SSSR count). The van der Waals surface area contributed by atoms with Crippen LogP contribution in [-0.4, -0.2) is 29.6 Å².